The summed E-state index contributed by atoms with van der Waals surface area (Å²) in [5.74, 6) is -1.04. The van der Waals surface area contributed by atoms with Crippen molar-refractivity contribution in [1.82, 2.24) is 0 Å². The average molecular weight is 811 g/mol. The van der Waals surface area contributed by atoms with Crippen LogP contribution in [0.4, 0.5) is 0 Å². The molecule has 0 spiro atoms. The fourth-order valence-electron chi connectivity index (χ4n) is 6.69. The number of carbonyl (C=O) groups excluding carboxylic acids is 2. The van der Waals surface area contributed by atoms with Gasteiger partial charge in [0, 0.05) is 12.8 Å². The highest BCUT2D eigenvalue weighted by atomic mass is 31.2. The number of ether oxygens (including phenoxy) is 3. The quantitative estimate of drug-likeness (QED) is 0.0228. The van der Waals surface area contributed by atoms with E-state index in [1.54, 1.807) is 0 Å². The third-order valence-corrected chi connectivity index (χ3v) is 11.2. The maximum Gasteiger partial charge on any atom is 0.474 e. The molecular formula is C41H79O13P. The van der Waals surface area contributed by atoms with Gasteiger partial charge in [-0.05, 0) is 12.8 Å². The molecule has 0 saturated carbocycles. The Hall–Kier alpha value is -1.15. The monoisotopic (exact) mass is 811 g/mol. The molecule has 0 aromatic heterocycles. The molecule has 1 aliphatic rings. The van der Waals surface area contributed by atoms with Crippen LogP contribution >= 0.6 is 7.82 Å². The van der Waals surface area contributed by atoms with Crippen LogP contribution in [0.1, 0.15) is 194 Å². The van der Waals surface area contributed by atoms with Crippen LogP contribution in [0.5, 0.6) is 0 Å². The third kappa shape index (κ3) is 27.2. The first-order chi connectivity index (χ1) is 26.5. The Morgan fingerprint density at radius 3 is 1.40 bits per heavy atom. The van der Waals surface area contributed by atoms with Crippen molar-refractivity contribution in [2.24, 2.45) is 0 Å². The Morgan fingerprint density at radius 1 is 0.582 bits per heavy atom. The lowest BCUT2D eigenvalue weighted by molar-refractivity contribution is -0.281. The zero-order valence-corrected chi connectivity index (χ0v) is 35.2. The molecular weight excluding hydrogens is 731 g/mol. The second-order valence-electron chi connectivity index (χ2n) is 15.3. The van der Waals surface area contributed by atoms with Crippen LogP contribution in [0.2, 0.25) is 0 Å². The topological polar surface area (TPSA) is 199 Å². The SMILES string of the molecule is CCCCCCCCCCCCCCCC(=O)OC[C@@H](COP(=O)(O)O[C@@H]1O[C@H](CO)[C@H](O)[C@H](O)[C@H]1O)OC(=O)CCCCCCCCCCCCCCC. The van der Waals surface area contributed by atoms with Gasteiger partial charge in [0.2, 0.25) is 0 Å². The lowest BCUT2D eigenvalue weighted by atomic mass is 10.00. The van der Waals surface area contributed by atoms with Crippen molar-refractivity contribution in [3.63, 3.8) is 0 Å². The molecule has 0 aromatic carbocycles. The molecule has 14 heteroatoms. The third-order valence-electron chi connectivity index (χ3n) is 10.2. The van der Waals surface area contributed by atoms with E-state index in [1.165, 1.54) is 116 Å². The largest absolute Gasteiger partial charge is 0.474 e. The molecule has 1 heterocycles. The van der Waals surface area contributed by atoms with Crippen LogP contribution in [0.25, 0.3) is 0 Å². The number of carbonyl (C=O) groups is 2. The molecule has 55 heavy (non-hydrogen) atoms. The standard InChI is InChI=1S/C41H79O13P/c1-3-5-7-9-11-13-15-17-19-21-23-25-27-29-36(43)50-32-34(33-51-55(48,49)54-41-40(47)39(46)38(45)35(31-42)53-41)52-37(44)30-28-26-24-22-20-18-16-14-12-10-8-6-4-2/h34-35,38-42,45-47H,3-33H2,1-2H3,(H,48,49)/t34-,35+,38-,39-,40+,41-/m0/s1. The van der Waals surface area contributed by atoms with Gasteiger partial charge in [-0.1, -0.05) is 168 Å². The van der Waals surface area contributed by atoms with E-state index in [9.17, 15) is 39.5 Å². The molecule has 1 unspecified atom stereocenters. The first-order valence-electron chi connectivity index (χ1n) is 21.9. The Balaban J connectivity index is 2.47. The van der Waals surface area contributed by atoms with Crippen LogP contribution in [-0.2, 0) is 37.4 Å². The van der Waals surface area contributed by atoms with Crippen molar-refractivity contribution in [1.29, 1.82) is 0 Å². The number of phosphoric ester groups is 1. The molecule has 7 atom stereocenters. The minimum Gasteiger partial charge on any atom is -0.462 e. The van der Waals surface area contributed by atoms with Gasteiger partial charge in [-0.3, -0.25) is 18.6 Å². The number of esters is 2. The molecule has 1 aliphatic heterocycles. The molecule has 0 amide bonds. The zero-order chi connectivity index (χ0) is 40.6. The van der Waals surface area contributed by atoms with Crippen molar-refractivity contribution in [2.75, 3.05) is 19.8 Å². The highest BCUT2D eigenvalue weighted by Crippen LogP contribution is 2.46. The van der Waals surface area contributed by atoms with Crippen LogP contribution in [0, 0.1) is 0 Å². The Morgan fingerprint density at radius 2 is 0.982 bits per heavy atom. The molecule has 13 nitrogen and oxygen atoms in total. The Kier molecular flexibility index (Phi) is 31.9. The maximum absolute atomic E-state index is 12.8. The van der Waals surface area contributed by atoms with E-state index < -0.39 is 76.4 Å². The van der Waals surface area contributed by atoms with Gasteiger partial charge in [-0.2, -0.15) is 0 Å². The van der Waals surface area contributed by atoms with Crippen molar-refractivity contribution >= 4 is 19.8 Å². The van der Waals surface area contributed by atoms with Crippen LogP contribution in [0.15, 0.2) is 0 Å². The number of rotatable bonds is 37. The molecule has 1 saturated heterocycles. The van der Waals surface area contributed by atoms with Crippen molar-refractivity contribution in [3.05, 3.63) is 0 Å². The molecule has 0 radical (unpaired) electrons. The van der Waals surface area contributed by atoms with E-state index in [0.29, 0.717) is 12.8 Å². The fourth-order valence-corrected chi connectivity index (χ4v) is 7.54. The predicted octanol–water partition coefficient (Wildman–Crippen LogP) is 8.34. The summed E-state index contributed by atoms with van der Waals surface area (Å²) in [6.07, 6.45) is 20.8. The van der Waals surface area contributed by atoms with Gasteiger partial charge < -0.3 is 39.5 Å². The molecule has 326 valence electrons. The van der Waals surface area contributed by atoms with E-state index in [4.69, 9.17) is 23.3 Å². The summed E-state index contributed by atoms with van der Waals surface area (Å²) < 4.78 is 38.7. The molecule has 0 aromatic rings. The van der Waals surface area contributed by atoms with Gasteiger partial charge in [0.25, 0.3) is 0 Å². The number of unbranched alkanes of at least 4 members (excludes halogenated alkanes) is 24. The van der Waals surface area contributed by atoms with E-state index in [2.05, 4.69) is 13.8 Å². The molecule has 5 N–H and O–H groups in total. The molecule has 0 aliphatic carbocycles. The van der Waals surface area contributed by atoms with Crippen LogP contribution in [-0.4, -0.2) is 93.9 Å². The van der Waals surface area contributed by atoms with Crippen molar-refractivity contribution < 1.29 is 62.7 Å². The van der Waals surface area contributed by atoms with Crippen molar-refractivity contribution in [3.8, 4) is 0 Å². The smallest absolute Gasteiger partial charge is 0.462 e. The second kappa shape index (κ2) is 33.8. The number of hydrogen-bond acceptors (Lipinski definition) is 12. The molecule has 1 fully saturated rings. The highest BCUT2D eigenvalue weighted by molar-refractivity contribution is 7.47. The first kappa shape index (κ1) is 51.9. The maximum atomic E-state index is 12.8. The minimum atomic E-state index is -5.01. The molecule has 0 bridgehead atoms. The van der Waals surface area contributed by atoms with Gasteiger partial charge >= 0.3 is 19.8 Å². The van der Waals surface area contributed by atoms with E-state index in [1.807, 2.05) is 0 Å². The number of aliphatic hydroxyl groups excluding tert-OH is 4. The average Bonchev–Trinajstić information content (AvgIpc) is 3.16. The predicted molar refractivity (Wildman–Crippen MR) is 212 cm³/mol. The van der Waals surface area contributed by atoms with Crippen LogP contribution < -0.4 is 0 Å². The van der Waals surface area contributed by atoms with Gasteiger partial charge in [0.15, 0.2) is 12.4 Å². The lowest BCUT2D eigenvalue weighted by Crippen LogP contribution is -2.58. The van der Waals surface area contributed by atoms with Crippen molar-refractivity contribution in [2.45, 2.75) is 230 Å². The zero-order valence-electron chi connectivity index (χ0n) is 34.3. The summed E-state index contributed by atoms with van der Waals surface area (Å²) >= 11 is 0. The lowest BCUT2D eigenvalue weighted by Gasteiger charge is -2.39. The summed E-state index contributed by atoms with van der Waals surface area (Å²) in [6.45, 7) is 2.62. The van der Waals surface area contributed by atoms with Gasteiger partial charge in [0.1, 0.15) is 31.0 Å². The summed E-state index contributed by atoms with van der Waals surface area (Å²) in [5.41, 5.74) is 0. The van der Waals surface area contributed by atoms with Gasteiger partial charge in [-0.15, -0.1) is 0 Å². The first-order valence-corrected chi connectivity index (χ1v) is 23.4. The van der Waals surface area contributed by atoms with Gasteiger partial charge in [0.05, 0.1) is 13.2 Å². The fraction of sp³-hybridized carbons (Fsp3) is 0.951. The van der Waals surface area contributed by atoms with E-state index in [-0.39, 0.29) is 12.8 Å². The summed E-state index contributed by atoms with van der Waals surface area (Å²) in [7, 11) is -5.01. The highest BCUT2D eigenvalue weighted by Gasteiger charge is 2.47. The minimum absolute atomic E-state index is 0.124. The summed E-state index contributed by atoms with van der Waals surface area (Å²) in [6, 6.07) is 0. The Labute approximate surface area is 332 Å². The number of phosphoric acid groups is 1. The summed E-state index contributed by atoms with van der Waals surface area (Å²) in [5, 5.41) is 39.5. The Bertz CT molecular complexity index is 984. The summed E-state index contributed by atoms with van der Waals surface area (Å²) in [4.78, 5) is 35.6. The molecule has 1 rings (SSSR count). The van der Waals surface area contributed by atoms with E-state index >= 15 is 0 Å². The number of aliphatic hydroxyl groups is 4. The second-order valence-corrected chi connectivity index (χ2v) is 16.8. The van der Waals surface area contributed by atoms with Crippen LogP contribution in [0.3, 0.4) is 0 Å². The van der Waals surface area contributed by atoms with Gasteiger partial charge in [-0.25, -0.2) is 4.57 Å². The normalized spacial score (nSPS) is 21.6. The van der Waals surface area contributed by atoms with E-state index in [0.717, 1.165) is 38.5 Å². The number of hydrogen-bond donors (Lipinski definition) is 5.